The van der Waals surface area contributed by atoms with Crippen LogP contribution in [0.4, 0.5) is 9.52 Å². The van der Waals surface area contributed by atoms with E-state index < -0.39 is 9.84 Å². The highest BCUT2D eigenvalue weighted by Gasteiger charge is 2.11. The third-order valence-electron chi connectivity index (χ3n) is 4.49. The predicted octanol–water partition coefficient (Wildman–Crippen LogP) is 4.38. The summed E-state index contributed by atoms with van der Waals surface area (Å²) < 4.78 is 41.5. The van der Waals surface area contributed by atoms with Crippen LogP contribution in [0.2, 0.25) is 0 Å². The highest BCUT2D eigenvalue weighted by molar-refractivity contribution is 7.90. The average Bonchev–Trinajstić information content (AvgIpc) is 3.05. The number of rotatable bonds is 9. The van der Waals surface area contributed by atoms with Gasteiger partial charge in [0, 0.05) is 24.0 Å². The zero-order chi connectivity index (χ0) is 22.4. The van der Waals surface area contributed by atoms with Crippen molar-refractivity contribution in [2.75, 3.05) is 18.2 Å². The predicted molar refractivity (Wildman–Crippen MR) is 119 cm³/mol. The van der Waals surface area contributed by atoms with Crippen molar-refractivity contribution in [1.82, 2.24) is 4.98 Å². The molecule has 0 saturated carbocycles. The first kappa shape index (κ1) is 22.9. The van der Waals surface area contributed by atoms with Gasteiger partial charge in [0.15, 0.2) is 15.0 Å². The van der Waals surface area contributed by atoms with E-state index in [9.17, 15) is 17.6 Å². The minimum atomic E-state index is -3.24. The van der Waals surface area contributed by atoms with Crippen molar-refractivity contribution >= 4 is 32.2 Å². The van der Waals surface area contributed by atoms with Crippen molar-refractivity contribution in [3.05, 3.63) is 70.5 Å². The van der Waals surface area contributed by atoms with Crippen molar-refractivity contribution in [1.29, 1.82) is 0 Å². The van der Waals surface area contributed by atoms with Crippen LogP contribution < -0.4 is 10.1 Å². The zero-order valence-electron chi connectivity index (χ0n) is 17.2. The maximum Gasteiger partial charge on any atom is 0.226 e. The van der Waals surface area contributed by atoms with Gasteiger partial charge in [-0.2, -0.15) is 0 Å². The van der Waals surface area contributed by atoms with Gasteiger partial charge in [-0.1, -0.05) is 12.1 Å². The molecule has 0 aliphatic carbocycles. The fourth-order valence-electron chi connectivity index (χ4n) is 2.82. The van der Waals surface area contributed by atoms with Gasteiger partial charge >= 0.3 is 0 Å². The molecule has 9 heteroatoms. The standard InChI is InChI=1S/C22H23FN2O4S2/c1-15-20(14-16-5-7-17(23)8-6-16)30-22(24-15)25-21(26)4-3-13-29-18-9-11-19(12-10-18)31(2,27)28/h5-12H,3-4,13-14H2,1-2H3,(H,24,25,26). The van der Waals surface area contributed by atoms with Crippen molar-refractivity contribution in [3.63, 3.8) is 0 Å². The number of anilines is 1. The number of aromatic nitrogens is 1. The Morgan fingerprint density at radius 2 is 1.81 bits per heavy atom. The van der Waals surface area contributed by atoms with Crippen LogP contribution in [-0.4, -0.2) is 32.2 Å². The number of carbonyl (C=O) groups is 1. The van der Waals surface area contributed by atoms with E-state index in [-0.39, 0.29) is 23.0 Å². The topological polar surface area (TPSA) is 85.4 Å². The Morgan fingerprint density at radius 3 is 2.45 bits per heavy atom. The SMILES string of the molecule is Cc1nc(NC(=O)CCCOc2ccc(S(C)(=O)=O)cc2)sc1Cc1ccc(F)cc1. The molecule has 1 aromatic heterocycles. The number of sulfone groups is 1. The Labute approximate surface area is 185 Å². The number of nitrogens with zero attached hydrogens (tertiary/aromatic N) is 1. The van der Waals surface area contributed by atoms with Crippen LogP contribution in [0.1, 0.15) is 29.0 Å². The summed E-state index contributed by atoms with van der Waals surface area (Å²) >= 11 is 1.41. The monoisotopic (exact) mass is 462 g/mol. The van der Waals surface area contributed by atoms with E-state index in [1.807, 2.05) is 6.92 Å². The molecule has 0 fully saturated rings. The maximum atomic E-state index is 13.0. The van der Waals surface area contributed by atoms with Crippen LogP contribution in [0.5, 0.6) is 5.75 Å². The molecule has 2 aromatic carbocycles. The van der Waals surface area contributed by atoms with Gasteiger partial charge in [0.05, 0.1) is 17.2 Å². The highest BCUT2D eigenvalue weighted by atomic mass is 32.2. The van der Waals surface area contributed by atoms with Gasteiger partial charge < -0.3 is 10.1 Å². The van der Waals surface area contributed by atoms with Crippen LogP contribution in [-0.2, 0) is 21.1 Å². The lowest BCUT2D eigenvalue weighted by atomic mass is 10.1. The summed E-state index contributed by atoms with van der Waals surface area (Å²) in [6.45, 7) is 2.21. The van der Waals surface area contributed by atoms with E-state index >= 15 is 0 Å². The summed E-state index contributed by atoms with van der Waals surface area (Å²) in [5.41, 5.74) is 1.82. The van der Waals surface area contributed by atoms with E-state index in [2.05, 4.69) is 10.3 Å². The van der Waals surface area contributed by atoms with Gasteiger partial charge in [0.2, 0.25) is 5.91 Å². The molecule has 0 radical (unpaired) electrons. The van der Waals surface area contributed by atoms with Crippen molar-refractivity contribution < 1.29 is 22.3 Å². The summed E-state index contributed by atoms with van der Waals surface area (Å²) in [5, 5.41) is 3.35. The molecule has 0 saturated heterocycles. The first-order chi connectivity index (χ1) is 14.7. The largest absolute Gasteiger partial charge is 0.494 e. The van der Waals surface area contributed by atoms with Gasteiger partial charge in [-0.25, -0.2) is 17.8 Å². The summed E-state index contributed by atoms with van der Waals surface area (Å²) in [4.78, 5) is 17.8. The lowest BCUT2D eigenvalue weighted by Gasteiger charge is -2.07. The van der Waals surface area contributed by atoms with E-state index in [4.69, 9.17) is 4.74 Å². The zero-order valence-corrected chi connectivity index (χ0v) is 18.9. The number of hydrogen-bond acceptors (Lipinski definition) is 6. The van der Waals surface area contributed by atoms with Gasteiger partial charge in [-0.05, 0) is 55.3 Å². The molecule has 0 unspecified atom stereocenters. The molecule has 31 heavy (non-hydrogen) atoms. The number of benzene rings is 2. The van der Waals surface area contributed by atoms with Gasteiger partial charge in [-0.15, -0.1) is 11.3 Å². The van der Waals surface area contributed by atoms with E-state index in [0.29, 0.717) is 30.3 Å². The lowest BCUT2D eigenvalue weighted by Crippen LogP contribution is -2.12. The summed E-state index contributed by atoms with van der Waals surface area (Å²) in [6.07, 6.45) is 2.56. The molecule has 6 nitrogen and oxygen atoms in total. The average molecular weight is 463 g/mol. The van der Waals surface area contributed by atoms with Crippen LogP contribution in [0.15, 0.2) is 53.4 Å². The molecule has 164 valence electrons. The highest BCUT2D eigenvalue weighted by Crippen LogP contribution is 2.25. The molecule has 0 spiro atoms. The Kier molecular flexibility index (Phi) is 7.40. The third kappa shape index (κ3) is 6.86. The quantitative estimate of drug-likeness (QED) is 0.477. The van der Waals surface area contributed by atoms with Crippen LogP contribution in [0.3, 0.4) is 0 Å². The normalized spacial score (nSPS) is 11.3. The molecule has 3 rings (SSSR count). The molecule has 0 bridgehead atoms. The molecule has 0 aliphatic heterocycles. The number of nitrogens with one attached hydrogen (secondary N) is 1. The first-order valence-corrected chi connectivity index (χ1v) is 12.3. The summed E-state index contributed by atoms with van der Waals surface area (Å²) in [5.74, 6) is 0.125. The van der Waals surface area contributed by atoms with Gasteiger partial charge in [-0.3, -0.25) is 4.79 Å². The van der Waals surface area contributed by atoms with Crippen molar-refractivity contribution in [2.45, 2.75) is 31.1 Å². The van der Waals surface area contributed by atoms with E-state index in [1.54, 1.807) is 24.3 Å². The second-order valence-electron chi connectivity index (χ2n) is 7.07. The minimum absolute atomic E-state index is 0.155. The summed E-state index contributed by atoms with van der Waals surface area (Å²) in [6, 6.07) is 12.5. The van der Waals surface area contributed by atoms with Crippen LogP contribution in [0.25, 0.3) is 0 Å². The lowest BCUT2D eigenvalue weighted by molar-refractivity contribution is -0.116. The molecule has 1 N–H and O–H groups in total. The first-order valence-electron chi connectivity index (χ1n) is 9.64. The number of amides is 1. The summed E-state index contributed by atoms with van der Waals surface area (Å²) in [7, 11) is -3.24. The number of carbonyl (C=O) groups excluding carboxylic acids is 1. The minimum Gasteiger partial charge on any atom is -0.494 e. The number of halogens is 1. The molecule has 0 atom stereocenters. The van der Waals surface area contributed by atoms with E-state index in [1.165, 1.54) is 35.6 Å². The fourth-order valence-corrected chi connectivity index (χ4v) is 4.46. The molecule has 1 amide bonds. The van der Waals surface area contributed by atoms with Crippen LogP contribution in [0, 0.1) is 12.7 Å². The second-order valence-corrected chi connectivity index (χ2v) is 10.2. The Morgan fingerprint density at radius 1 is 1.13 bits per heavy atom. The Hall–Kier alpha value is -2.78. The van der Waals surface area contributed by atoms with Gasteiger partial charge in [0.1, 0.15) is 11.6 Å². The fraction of sp³-hybridized carbons (Fsp3) is 0.273. The number of thiazole rings is 1. The molecule has 3 aromatic rings. The number of aryl methyl sites for hydroxylation is 1. The van der Waals surface area contributed by atoms with Crippen molar-refractivity contribution in [2.24, 2.45) is 0 Å². The van der Waals surface area contributed by atoms with E-state index in [0.717, 1.165) is 22.4 Å². The Bertz CT molecular complexity index is 1140. The smallest absolute Gasteiger partial charge is 0.226 e. The number of hydrogen-bond donors (Lipinski definition) is 1. The Balaban J connectivity index is 1.44. The molecule has 0 aliphatic rings. The molecule has 1 heterocycles. The number of ether oxygens (including phenoxy) is 1. The third-order valence-corrected chi connectivity index (χ3v) is 6.69. The van der Waals surface area contributed by atoms with Crippen molar-refractivity contribution in [3.8, 4) is 5.75 Å². The molecular formula is C22H23FN2O4S2. The second kappa shape index (κ2) is 10.0. The molecular weight excluding hydrogens is 439 g/mol. The van der Waals surface area contributed by atoms with Gasteiger partial charge in [0.25, 0.3) is 0 Å². The maximum absolute atomic E-state index is 13.0. The van der Waals surface area contributed by atoms with Crippen LogP contribution >= 0.6 is 11.3 Å².